The highest BCUT2D eigenvalue weighted by Crippen LogP contribution is 2.22. The van der Waals surface area contributed by atoms with Crippen LogP contribution in [0.1, 0.15) is 18.4 Å². The van der Waals surface area contributed by atoms with E-state index in [2.05, 4.69) is 33.9 Å². The van der Waals surface area contributed by atoms with Gasteiger partial charge in [0.05, 0.1) is 0 Å². The number of ether oxygens (including phenoxy) is 1. The van der Waals surface area contributed by atoms with E-state index < -0.39 is 0 Å². The molecule has 0 aliphatic carbocycles. The first-order chi connectivity index (χ1) is 8.16. The minimum Gasteiger partial charge on any atom is -0.398 e. The van der Waals surface area contributed by atoms with E-state index in [9.17, 15) is 0 Å². The second kappa shape index (κ2) is 5.85. The normalized spacial score (nSPS) is 17.6. The quantitative estimate of drug-likeness (QED) is 0.872. The van der Waals surface area contributed by atoms with E-state index in [-0.39, 0.29) is 0 Å². The van der Waals surface area contributed by atoms with Crippen LogP contribution in [0.5, 0.6) is 0 Å². The highest BCUT2D eigenvalue weighted by molar-refractivity contribution is 9.10. The SMILES string of the molecule is CN(Cc1ccc(Br)cc1N)C1CCOCC1. The van der Waals surface area contributed by atoms with Crippen LogP contribution in [-0.4, -0.2) is 31.2 Å². The number of benzene rings is 1. The van der Waals surface area contributed by atoms with Crippen molar-refractivity contribution in [1.82, 2.24) is 4.90 Å². The fourth-order valence-corrected chi connectivity index (χ4v) is 2.61. The summed E-state index contributed by atoms with van der Waals surface area (Å²) in [6.07, 6.45) is 2.24. The van der Waals surface area contributed by atoms with Gasteiger partial charge >= 0.3 is 0 Å². The predicted molar refractivity (Wildman–Crippen MR) is 73.9 cm³/mol. The maximum Gasteiger partial charge on any atom is 0.0480 e. The van der Waals surface area contributed by atoms with Gasteiger partial charge < -0.3 is 10.5 Å². The lowest BCUT2D eigenvalue weighted by Gasteiger charge is -2.31. The molecule has 1 saturated heterocycles. The summed E-state index contributed by atoms with van der Waals surface area (Å²) < 4.78 is 6.42. The third-order valence-corrected chi connectivity index (χ3v) is 3.84. The van der Waals surface area contributed by atoms with Crippen LogP contribution in [0, 0.1) is 0 Å². The number of anilines is 1. The molecular weight excluding hydrogens is 280 g/mol. The molecule has 0 spiro atoms. The second-order valence-corrected chi connectivity index (χ2v) is 5.52. The monoisotopic (exact) mass is 298 g/mol. The van der Waals surface area contributed by atoms with Crippen molar-refractivity contribution < 1.29 is 4.74 Å². The summed E-state index contributed by atoms with van der Waals surface area (Å²) in [7, 11) is 2.16. The molecule has 0 atom stereocenters. The summed E-state index contributed by atoms with van der Waals surface area (Å²) in [6.45, 7) is 2.67. The minimum atomic E-state index is 0.617. The Hall–Kier alpha value is -0.580. The molecule has 1 aromatic carbocycles. The number of rotatable bonds is 3. The van der Waals surface area contributed by atoms with E-state index in [0.717, 1.165) is 42.8 Å². The molecule has 1 fully saturated rings. The zero-order valence-corrected chi connectivity index (χ0v) is 11.7. The van der Waals surface area contributed by atoms with E-state index in [0.29, 0.717) is 6.04 Å². The fraction of sp³-hybridized carbons (Fsp3) is 0.538. The average Bonchev–Trinajstić information content (AvgIpc) is 2.34. The summed E-state index contributed by atoms with van der Waals surface area (Å²) in [4.78, 5) is 2.38. The molecule has 0 aromatic heterocycles. The Kier molecular flexibility index (Phi) is 4.42. The molecule has 3 nitrogen and oxygen atoms in total. The van der Waals surface area contributed by atoms with Gasteiger partial charge in [-0.25, -0.2) is 0 Å². The summed E-state index contributed by atoms with van der Waals surface area (Å²) in [5.74, 6) is 0. The molecule has 2 rings (SSSR count). The molecule has 0 radical (unpaired) electrons. The van der Waals surface area contributed by atoms with Crippen LogP contribution >= 0.6 is 15.9 Å². The van der Waals surface area contributed by atoms with Crippen molar-refractivity contribution in [2.75, 3.05) is 26.0 Å². The lowest BCUT2D eigenvalue weighted by atomic mass is 10.1. The molecule has 0 unspecified atom stereocenters. The molecule has 1 aromatic rings. The van der Waals surface area contributed by atoms with E-state index >= 15 is 0 Å². The molecule has 94 valence electrons. The van der Waals surface area contributed by atoms with Crippen LogP contribution in [0.25, 0.3) is 0 Å². The van der Waals surface area contributed by atoms with Crippen molar-refractivity contribution in [1.29, 1.82) is 0 Å². The molecule has 4 heteroatoms. The first-order valence-electron chi connectivity index (χ1n) is 5.98. The lowest BCUT2D eigenvalue weighted by molar-refractivity contribution is 0.0407. The van der Waals surface area contributed by atoms with Gasteiger partial charge in [-0.1, -0.05) is 22.0 Å². The van der Waals surface area contributed by atoms with Crippen molar-refractivity contribution in [3.05, 3.63) is 28.2 Å². The lowest BCUT2D eigenvalue weighted by Crippen LogP contribution is -2.36. The second-order valence-electron chi connectivity index (χ2n) is 4.60. The van der Waals surface area contributed by atoms with Crippen molar-refractivity contribution in [2.24, 2.45) is 0 Å². The van der Waals surface area contributed by atoms with E-state index in [4.69, 9.17) is 10.5 Å². The predicted octanol–water partition coefficient (Wildman–Crippen LogP) is 2.64. The minimum absolute atomic E-state index is 0.617. The van der Waals surface area contributed by atoms with Crippen LogP contribution in [0.15, 0.2) is 22.7 Å². The standard InChI is InChI=1S/C13H19BrN2O/c1-16(12-4-6-17-7-5-12)9-10-2-3-11(14)8-13(10)15/h2-3,8,12H,4-7,9,15H2,1H3. The first-order valence-corrected chi connectivity index (χ1v) is 6.78. The van der Waals surface area contributed by atoms with Gasteiger partial charge in [0, 0.05) is 36.0 Å². The first kappa shape index (κ1) is 12.9. The summed E-state index contributed by atoms with van der Waals surface area (Å²) >= 11 is 3.43. The molecule has 1 heterocycles. The Morgan fingerprint density at radius 2 is 2.12 bits per heavy atom. The number of nitrogens with two attached hydrogens (primary N) is 1. The van der Waals surface area contributed by atoms with Crippen LogP contribution in [-0.2, 0) is 11.3 Å². The topological polar surface area (TPSA) is 38.5 Å². The van der Waals surface area contributed by atoms with Crippen LogP contribution in [0.3, 0.4) is 0 Å². The number of hydrogen-bond donors (Lipinski definition) is 1. The molecule has 17 heavy (non-hydrogen) atoms. The highest BCUT2D eigenvalue weighted by atomic mass is 79.9. The van der Waals surface area contributed by atoms with E-state index in [1.807, 2.05) is 12.1 Å². The number of halogens is 1. The zero-order valence-electron chi connectivity index (χ0n) is 10.2. The van der Waals surface area contributed by atoms with Gasteiger partial charge in [0.2, 0.25) is 0 Å². The molecule has 0 bridgehead atoms. The van der Waals surface area contributed by atoms with Crippen molar-refractivity contribution in [2.45, 2.75) is 25.4 Å². The van der Waals surface area contributed by atoms with Gasteiger partial charge in [-0.2, -0.15) is 0 Å². The fourth-order valence-electron chi connectivity index (χ4n) is 2.23. The zero-order chi connectivity index (χ0) is 12.3. The van der Waals surface area contributed by atoms with Gasteiger partial charge in [0.1, 0.15) is 0 Å². The Morgan fingerprint density at radius 3 is 2.76 bits per heavy atom. The van der Waals surface area contributed by atoms with Gasteiger partial charge in [-0.3, -0.25) is 4.90 Å². The molecule has 0 saturated carbocycles. The van der Waals surface area contributed by atoms with Gasteiger partial charge in [-0.15, -0.1) is 0 Å². The molecular formula is C13H19BrN2O. The maximum absolute atomic E-state index is 6.02. The van der Waals surface area contributed by atoms with Crippen molar-refractivity contribution in [3.63, 3.8) is 0 Å². The van der Waals surface area contributed by atoms with Gasteiger partial charge in [0.25, 0.3) is 0 Å². The Balaban J connectivity index is 1.99. The van der Waals surface area contributed by atoms with Crippen LogP contribution in [0.4, 0.5) is 5.69 Å². The van der Waals surface area contributed by atoms with Crippen LogP contribution in [0.2, 0.25) is 0 Å². The summed E-state index contributed by atoms with van der Waals surface area (Å²) in [5, 5.41) is 0. The van der Waals surface area contributed by atoms with E-state index in [1.54, 1.807) is 0 Å². The Labute approximate surface area is 111 Å². The van der Waals surface area contributed by atoms with Gasteiger partial charge in [-0.05, 0) is 37.6 Å². The third kappa shape index (κ3) is 3.44. The average molecular weight is 299 g/mol. The smallest absolute Gasteiger partial charge is 0.0480 e. The van der Waals surface area contributed by atoms with Crippen molar-refractivity contribution >= 4 is 21.6 Å². The molecule has 2 N–H and O–H groups in total. The molecule has 0 amide bonds. The summed E-state index contributed by atoms with van der Waals surface area (Å²) in [5.41, 5.74) is 8.07. The Morgan fingerprint density at radius 1 is 1.41 bits per heavy atom. The number of nitrogens with zero attached hydrogens (tertiary/aromatic N) is 1. The van der Waals surface area contributed by atoms with Crippen molar-refractivity contribution in [3.8, 4) is 0 Å². The highest BCUT2D eigenvalue weighted by Gasteiger charge is 2.18. The summed E-state index contributed by atoms with van der Waals surface area (Å²) in [6, 6.07) is 6.72. The third-order valence-electron chi connectivity index (χ3n) is 3.34. The maximum atomic E-state index is 6.02. The van der Waals surface area contributed by atoms with E-state index in [1.165, 1.54) is 5.56 Å². The van der Waals surface area contributed by atoms with Crippen LogP contribution < -0.4 is 5.73 Å². The number of hydrogen-bond acceptors (Lipinski definition) is 3. The molecule has 1 aliphatic rings. The Bertz CT molecular complexity index is 378. The largest absolute Gasteiger partial charge is 0.398 e. The number of nitrogen functional groups attached to an aromatic ring is 1. The van der Waals surface area contributed by atoms with Gasteiger partial charge in [0.15, 0.2) is 0 Å². The molecule has 1 aliphatic heterocycles.